The summed E-state index contributed by atoms with van der Waals surface area (Å²) in [5.41, 5.74) is 3.48. The van der Waals surface area contributed by atoms with Gasteiger partial charge in [-0.25, -0.2) is 4.79 Å². The van der Waals surface area contributed by atoms with Gasteiger partial charge in [-0.1, -0.05) is 11.6 Å². The molecule has 1 aliphatic heterocycles. The van der Waals surface area contributed by atoms with Crippen LogP contribution in [0.2, 0.25) is 5.02 Å². The number of amidine groups is 1. The number of carbonyl (C=O) groups is 2. The standard InChI is InChI=1S/C23H22ClN3O5S/c1-13-7-17(8-14(2)21(13)24)32-12-16-9-15(5-6-18(16)30-3)11-25-27-23-26-22(29)19(33-23)10-20(28)31-4/h5-11H,12H2,1-4H3,(H,26,27,29)/b19-10+,25-11?. The van der Waals surface area contributed by atoms with E-state index in [4.69, 9.17) is 21.1 Å². The van der Waals surface area contributed by atoms with E-state index in [0.29, 0.717) is 11.5 Å². The van der Waals surface area contributed by atoms with Crippen LogP contribution in [0.5, 0.6) is 11.5 Å². The lowest BCUT2D eigenvalue weighted by Crippen LogP contribution is -2.19. The number of aryl methyl sites for hydroxylation is 2. The largest absolute Gasteiger partial charge is 0.496 e. The van der Waals surface area contributed by atoms with Gasteiger partial charge >= 0.3 is 5.97 Å². The number of methoxy groups -OCH3 is 2. The Morgan fingerprint density at radius 3 is 2.58 bits per heavy atom. The molecule has 1 saturated heterocycles. The molecule has 1 N–H and O–H groups in total. The van der Waals surface area contributed by atoms with E-state index in [1.807, 2.05) is 44.2 Å². The van der Waals surface area contributed by atoms with Gasteiger partial charge in [0.15, 0.2) is 5.17 Å². The van der Waals surface area contributed by atoms with Crippen molar-refractivity contribution < 1.29 is 23.8 Å². The molecule has 0 aliphatic carbocycles. The predicted octanol–water partition coefficient (Wildman–Crippen LogP) is 4.15. The van der Waals surface area contributed by atoms with Gasteiger partial charge in [0.25, 0.3) is 5.91 Å². The first-order valence-electron chi connectivity index (χ1n) is 9.77. The fraction of sp³-hybridized carbons (Fsp3) is 0.217. The molecule has 0 radical (unpaired) electrons. The van der Waals surface area contributed by atoms with Crippen LogP contribution >= 0.6 is 23.4 Å². The van der Waals surface area contributed by atoms with Crippen molar-refractivity contribution in [3.05, 3.63) is 68.6 Å². The fourth-order valence-electron chi connectivity index (χ4n) is 2.93. The zero-order valence-corrected chi connectivity index (χ0v) is 20.0. The highest BCUT2D eigenvalue weighted by Crippen LogP contribution is 2.28. The SMILES string of the molecule is COC(=O)/C=C1/S/C(=N\N=Cc2ccc(OC)c(COc3cc(C)c(Cl)c(C)c3)c2)NC1=O. The van der Waals surface area contributed by atoms with E-state index in [9.17, 15) is 9.59 Å². The van der Waals surface area contributed by atoms with Crippen molar-refractivity contribution in [2.45, 2.75) is 20.5 Å². The maximum absolute atomic E-state index is 11.9. The topological polar surface area (TPSA) is 98.6 Å². The number of amides is 1. The van der Waals surface area contributed by atoms with E-state index < -0.39 is 11.9 Å². The number of ether oxygens (including phenoxy) is 3. The minimum Gasteiger partial charge on any atom is -0.496 e. The second-order valence-electron chi connectivity index (χ2n) is 6.97. The summed E-state index contributed by atoms with van der Waals surface area (Å²) >= 11 is 7.23. The Bertz CT molecular complexity index is 1150. The Balaban J connectivity index is 1.71. The number of benzene rings is 2. The van der Waals surface area contributed by atoms with E-state index in [1.165, 1.54) is 7.11 Å². The summed E-state index contributed by atoms with van der Waals surface area (Å²) < 4.78 is 15.9. The first kappa shape index (κ1) is 24.3. The van der Waals surface area contributed by atoms with Gasteiger partial charge in [-0.3, -0.25) is 10.1 Å². The third-order valence-electron chi connectivity index (χ3n) is 4.57. The zero-order valence-electron chi connectivity index (χ0n) is 18.5. The molecular formula is C23H22ClN3O5S. The number of rotatable bonds is 7. The van der Waals surface area contributed by atoms with Crippen LogP contribution in [-0.4, -0.2) is 37.5 Å². The molecule has 0 spiro atoms. The molecule has 0 saturated carbocycles. The van der Waals surface area contributed by atoms with Gasteiger partial charge in [-0.15, -0.1) is 5.10 Å². The molecule has 8 nitrogen and oxygen atoms in total. The minimum absolute atomic E-state index is 0.187. The second kappa shape index (κ2) is 11.0. The number of hydrogen-bond donors (Lipinski definition) is 1. The molecule has 1 heterocycles. The summed E-state index contributed by atoms with van der Waals surface area (Å²) in [5, 5.41) is 11.5. The summed E-state index contributed by atoms with van der Waals surface area (Å²) in [6.45, 7) is 4.15. The van der Waals surface area contributed by atoms with Crippen molar-refractivity contribution in [1.29, 1.82) is 0 Å². The maximum Gasteiger partial charge on any atom is 0.331 e. The summed E-state index contributed by atoms with van der Waals surface area (Å²) in [6, 6.07) is 9.29. The second-order valence-corrected chi connectivity index (χ2v) is 8.38. The monoisotopic (exact) mass is 487 g/mol. The van der Waals surface area contributed by atoms with Crippen molar-refractivity contribution >= 4 is 46.6 Å². The van der Waals surface area contributed by atoms with Gasteiger partial charge in [-0.2, -0.15) is 5.10 Å². The van der Waals surface area contributed by atoms with E-state index >= 15 is 0 Å². The average Bonchev–Trinajstić information content (AvgIpc) is 3.14. The lowest BCUT2D eigenvalue weighted by molar-refractivity contribution is -0.135. The van der Waals surface area contributed by atoms with E-state index in [1.54, 1.807) is 13.3 Å². The molecule has 1 aliphatic rings. The first-order chi connectivity index (χ1) is 15.8. The normalized spacial score (nSPS) is 15.8. The highest BCUT2D eigenvalue weighted by Gasteiger charge is 2.25. The van der Waals surface area contributed by atoms with Crippen molar-refractivity contribution in [2.24, 2.45) is 10.2 Å². The molecule has 2 aromatic carbocycles. The number of nitrogens with one attached hydrogen (secondary N) is 1. The van der Waals surface area contributed by atoms with Crippen LogP contribution in [0.3, 0.4) is 0 Å². The molecule has 10 heteroatoms. The quantitative estimate of drug-likeness (QED) is 0.272. The Kier molecular flexibility index (Phi) is 8.13. The number of hydrogen-bond acceptors (Lipinski definition) is 8. The van der Waals surface area contributed by atoms with Gasteiger partial charge in [0.2, 0.25) is 0 Å². The van der Waals surface area contributed by atoms with Gasteiger partial charge in [0.05, 0.1) is 25.3 Å². The summed E-state index contributed by atoms with van der Waals surface area (Å²) in [5.74, 6) is 0.342. The number of esters is 1. The fourth-order valence-corrected chi connectivity index (χ4v) is 3.78. The van der Waals surface area contributed by atoms with Crippen molar-refractivity contribution in [2.75, 3.05) is 14.2 Å². The van der Waals surface area contributed by atoms with Crippen molar-refractivity contribution in [1.82, 2.24) is 5.32 Å². The number of halogens is 1. The molecule has 3 rings (SSSR count). The Labute approximate surface area is 200 Å². The molecule has 1 fully saturated rings. The highest BCUT2D eigenvalue weighted by molar-refractivity contribution is 8.18. The van der Waals surface area contributed by atoms with Crippen LogP contribution < -0.4 is 14.8 Å². The third kappa shape index (κ3) is 6.36. The van der Waals surface area contributed by atoms with Crippen LogP contribution in [0.4, 0.5) is 0 Å². The van der Waals surface area contributed by atoms with E-state index in [2.05, 4.69) is 20.3 Å². The molecule has 0 unspecified atom stereocenters. The molecule has 33 heavy (non-hydrogen) atoms. The third-order valence-corrected chi connectivity index (χ3v) is 6.06. The highest BCUT2D eigenvalue weighted by atomic mass is 35.5. The first-order valence-corrected chi connectivity index (χ1v) is 11.0. The van der Waals surface area contributed by atoms with E-state index in [0.717, 1.165) is 45.1 Å². The zero-order chi connectivity index (χ0) is 24.0. The average molecular weight is 488 g/mol. The molecule has 0 bridgehead atoms. The number of nitrogens with zero attached hydrogens (tertiary/aromatic N) is 2. The molecule has 1 amide bonds. The molecule has 172 valence electrons. The van der Waals surface area contributed by atoms with Crippen LogP contribution in [0.1, 0.15) is 22.3 Å². The van der Waals surface area contributed by atoms with Gasteiger partial charge in [0, 0.05) is 16.7 Å². The number of carbonyl (C=O) groups excluding carboxylic acids is 2. The Hall–Kier alpha value is -3.30. The molecule has 0 atom stereocenters. The summed E-state index contributed by atoms with van der Waals surface area (Å²) in [7, 11) is 2.83. The number of thioether (sulfide) groups is 1. The minimum atomic E-state index is -0.616. The Morgan fingerprint density at radius 2 is 1.91 bits per heavy atom. The lowest BCUT2D eigenvalue weighted by Gasteiger charge is -2.13. The van der Waals surface area contributed by atoms with Crippen LogP contribution in [-0.2, 0) is 20.9 Å². The van der Waals surface area contributed by atoms with Crippen LogP contribution in [0.15, 0.2) is 51.5 Å². The molecule has 0 aromatic heterocycles. The van der Waals surface area contributed by atoms with Crippen LogP contribution in [0.25, 0.3) is 0 Å². The van der Waals surface area contributed by atoms with E-state index in [-0.39, 0.29) is 16.7 Å². The summed E-state index contributed by atoms with van der Waals surface area (Å²) in [6.07, 6.45) is 2.65. The Morgan fingerprint density at radius 1 is 1.18 bits per heavy atom. The molecule has 2 aromatic rings. The van der Waals surface area contributed by atoms with Crippen molar-refractivity contribution in [3.8, 4) is 11.5 Å². The lowest BCUT2D eigenvalue weighted by atomic mass is 10.1. The van der Waals surface area contributed by atoms with Gasteiger partial charge in [0.1, 0.15) is 18.1 Å². The summed E-state index contributed by atoms with van der Waals surface area (Å²) in [4.78, 5) is 23.4. The van der Waals surface area contributed by atoms with Crippen molar-refractivity contribution in [3.63, 3.8) is 0 Å². The predicted molar refractivity (Wildman–Crippen MR) is 129 cm³/mol. The van der Waals surface area contributed by atoms with Gasteiger partial charge < -0.3 is 14.2 Å². The van der Waals surface area contributed by atoms with Crippen LogP contribution in [0, 0.1) is 13.8 Å². The smallest absolute Gasteiger partial charge is 0.331 e. The molecular weight excluding hydrogens is 466 g/mol. The van der Waals surface area contributed by atoms with Gasteiger partial charge in [-0.05, 0) is 72.6 Å². The maximum atomic E-state index is 11.9.